The Hall–Kier alpha value is -1.68. The zero-order valence-corrected chi connectivity index (χ0v) is 22.3. The maximum absolute atomic E-state index is 4.81. The first kappa shape index (κ1) is 27.4. The number of aromatic nitrogens is 3. The Labute approximate surface area is 205 Å². The molecular formula is C23H40IN7. The van der Waals surface area contributed by atoms with Crippen molar-refractivity contribution in [3.05, 3.63) is 47.5 Å². The molecule has 7 nitrogen and oxygen atoms in total. The number of guanidine groups is 1. The van der Waals surface area contributed by atoms with Crippen molar-refractivity contribution in [2.75, 3.05) is 19.6 Å². The average Bonchev–Trinajstić information content (AvgIpc) is 3.07. The van der Waals surface area contributed by atoms with Crippen LogP contribution in [0.2, 0.25) is 0 Å². The molecule has 2 unspecified atom stereocenters. The quantitative estimate of drug-likeness (QED) is 0.255. The van der Waals surface area contributed by atoms with Gasteiger partial charge in [0.2, 0.25) is 0 Å². The van der Waals surface area contributed by atoms with Gasteiger partial charge in [-0.2, -0.15) is 0 Å². The molecule has 0 bridgehead atoms. The first-order valence-corrected chi connectivity index (χ1v) is 11.1. The Morgan fingerprint density at radius 2 is 1.77 bits per heavy atom. The van der Waals surface area contributed by atoms with Crippen LogP contribution in [-0.2, 0) is 13.6 Å². The maximum Gasteiger partial charge on any atom is 0.192 e. The number of nitrogens with zero attached hydrogens (tertiary/aromatic N) is 5. The molecule has 1 heterocycles. The van der Waals surface area contributed by atoms with Gasteiger partial charge in [-0.1, -0.05) is 44.2 Å². The first-order chi connectivity index (χ1) is 14.4. The molecule has 0 radical (unpaired) electrons. The zero-order valence-electron chi connectivity index (χ0n) is 19.9. The SMILES string of the molecule is CCN(CC)CCCC(C)NC(=NCc1nnc(C)n1C)NC(C)c1ccccc1.I. The fourth-order valence-electron chi connectivity index (χ4n) is 3.37. The second-order valence-corrected chi connectivity index (χ2v) is 7.88. The third-order valence-electron chi connectivity index (χ3n) is 5.60. The Kier molecular flexibility index (Phi) is 12.7. The Morgan fingerprint density at radius 1 is 1.10 bits per heavy atom. The first-order valence-electron chi connectivity index (χ1n) is 11.1. The minimum atomic E-state index is 0. The van der Waals surface area contributed by atoms with Gasteiger partial charge in [-0.3, -0.25) is 0 Å². The van der Waals surface area contributed by atoms with E-state index in [1.54, 1.807) is 0 Å². The molecule has 0 aliphatic carbocycles. The number of benzene rings is 1. The normalized spacial score (nSPS) is 13.6. The number of rotatable bonds is 11. The van der Waals surface area contributed by atoms with E-state index < -0.39 is 0 Å². The van der Waals surface area contributed by atoms with Crippen LogP contribution in [-0.4, -0.2) is 51.3 Å². The van der Waals surface area contributed by atoms with Gasteiger partial charge in [0.05, 0.1) is 6.04 Å². The molecule has 0 fully saturated rings. The summed E-state index contributed by atoms with van der Waals surface area (Å²) in [6, 6.07) is 10.9. The second-order valence-electron chi connectivity index (χ2n) is 7.88. The van der Waals surface area contributed by atoms with Crippen molar-refractivity contribution in [2.24, 2.45) is 12.0 Å². The van der Waals surface area contributed by atoms with Crippen LogP contribution >= 0.6 is 24.0 Å². The van der Waals surface area contributed by atoms with E-state index >= 15 is 0 Å². The number of halogens is 1. The van der Waals surface area contributed by atoms with Crippen LogP contribution in [0.3, 0.4) is 0 Å². The summed E-state index contributed by atoms with van der Waals surface area (Å²) in [5.74, 6) is 2.56. The van der Waals surface area contributed by atoms with Crippen molar-refractivity contribution >= 4 is 29.9 Å². The van der Waals surface area contributed by atoms with Crippen molar-refractivity contribution in [3.63, 3.8) is 0 Å². The molecule has 0 saturated carbocycles. The number of nitrogens with one attached hydrogen (secondary N) is 2. The minimum Gasteiger partial charge on any atom is -0.354 e. The molecule has 2 N–H and O–H groups in total. The molecule has 1 aromatic carbocycles. The van der Waals surface area contributed by atoms with Gasteiger partial charge >= 0.3 is 0 Å². The standard InChI is InChI=1S/C23H39N7.HI/c1-7-30(8-2)16-12-13-18(3)25-23(24-17-22-28-27-20(5)29(22)6)26-19(4)21-14-10-9-11-15-21;/h9-11,14-15,18-19H,7-8,12-13,16-17H2,1-6H3,(H2,24,25,26);1H. The van der Waals surface area contributed by atoms with Gasteiger partial charge in [0, 0.05) is 13.1 Å². The minimum absolute atomic E-state index is 0. The molecule has 0 spiro atoms. The molecule has 1 aromatic heterocycles. The van der Waals surface area contributed by atoms with E-state index in [9.17, 15) is 0 Å². The summed E-state index contributed by atoms with van der Waals surface area (Å²) in [4.78, 5) is 7.28. The van der Waals surface area contributed by atoms with Crippen LogP contribution in [0.5, 0.6) is 0 Å². The molecular weight excluding hydrogens is 501 g/mol. The van der Waals surface area contributed by atoms with Gasteiger partial charge in [-0.15, -0.1) is 34.2 Å². The van der Waals surface area contributed by atoms with Crippen molar-refractivity contribution in [2.45, 2.75) is 66.1 Å². The summed E-state index contributed by atoms with van der Waals surface area (Å²) >= 11 is 0. The third-order valence-corrected chi connectivity index (χ3v) is 5.60. The number of hydrogen-bond acceptors (Lipinski definition) is 4. The zero-order chi connectivity index (χ0) is 21.9. The molecule has 0 aliphatic heterocycles. The number of aliphatic imine (C=N–C) groups is 1. The van der Waals surface area contributed by atoms with Crippen LogP contribution in [0.1, 0.15) is 63.8 Å². The lowest BCUT2D eigenvalue weighted by molar-refractivity contribution is 0.292. The lowest BCUT2D eigenvalue weighted by Gasteiger charge is -2.23. The van der Waals surface area contributed by atoms with Gasteiger partial charge in [-0.05, 0) is 58.8 Å². The maximum atomic E-state index is 4.81. The van der Waals surface area contributed by atoms with Crippen molar-refractivity contribution in [1.29, 1.82) is 0 Å². The van der Waals surface area contributed by atoms with Gasteiger partial charge in [0.15, 0.2) is 11.8 Å². The van der Waals surface area contributed by atoms with E-state index in [2.05, 4.69) is 77.7 Å². The van der Waals surface area contributed by atoms with E-state index in [0.29, 0.717) is 12.6 Å². The summed E-state index contributed by atoms with van der Waals surface area (Å²) in [5, 5.41) is 15.5. The second kappa shape index (κ2) is 14.4. The summed E-state index contributed by atoms with van der Waals surface area (Å²) < 4.78 is 1.98. The number of aryl methyl sites for hydroxylation is 1. The van der Waals surface area contributed by atoms with Gasteiger partial charge in [0.1, 0.15) is 12.4 Å². The smallest absolute Gasteiger partial charge is 0.192 e. The highest BCUT2D eigenvalue weighted by Crippen LogP contribution is 2.11. The van der Waals surface area contributed by atoms with Crippen molar-refractivity contribution in [1.82, 2.24) is 30.3 Å². The summed E-state index contributed by atoms with van der Waals surface area (Å²) in [6.07, 6.45) is 2.26. The van der Waals surface area contributed by atoms with E-state index in [1.807, 2.05) is 24.6 Å². The monoisotopic (exact) mass is 541 g/mol. The van der Waals surface area contributed by atoms with Crippen molar-refractivity contribution < 1.29 is 0 Å². The molecule has 8 heteroatoms. The average molecular weight is 542 g/mol. The lowest BCUT2D eigenvalue weighted by Crippen LogP contribution is -2.43. The van der Waals surface area contributed by atoms with Crippen LogP contribution in [0, 0.1) is 6.92 Å². The van der Waals surface area contributed by atoms with Crippen LogP contribution in [0.4, 0.5) is 0 Å². The van der Waals surface area contributed by atoms with E-state index in [-0.39, 0.29) is 30.0 Å². The molecule has 174 valence electrons. The molecule has 0 saturated heterocycles. The highest BCUT2D eigenvalue weighted by molar-refractivity contribution is 14.0. The predicted octanol–water partition coefficient (Wildman–Crippen LogP) is 4.05. The highest BCUT2D eigenvalue weighted by atomic mass is 127. The Bertz CT molecular complexity index is 771. The number of hydrogen-bond donors (Lipinski definition) is 2. The molecule has 0 amide bonds. The summed E-state index contributed by atoms with van der Waals surface area (Å²) in [7, 11) is 1.98. The van der Waals surface area contributed by atoms with E-state index in [0.717, 1.165) is 43.7 Å². The predicted molar refractivity (Wildman–Crippen MR) is 140 cm³/mol. The van der Waals surface area contributed by atoms with Gasteiger partial charge in [0.25, 0.3) is 0 Å². The molecule has 2 atom stereocenters. The van der Waals surface area contributed by atoms with Gasteiger partial charge in [-0.25, -0.2) is 4.99 Å². The van der Waals surface area contributed by atoms with Crippen LogP contribution in [0.15, 0.2) is 35.3 Å². The van der Waals surface area contributed by atoms with Crippen LogP contribution < -0.4 is 10.6 Å². The molecule has 31 heavy (non-hydrogen) atoms. The topological polar surface area (TPSA) is 70.4 Å². The summed E-state index contributed by atoms with van der Waals surface area (Å²) in [6.45, 7) is 14.6. The summed E-state index contributed by atoms with van der Waals surface area (Å²) in [5.41, 5.74) is 1.23. The van der Waals surface area contributed by atoms with E-state index in [4.69, 9.17) is 4.99 Å². The van der Waals surface area contributed by atoms with Gasteiger partial charge < -0.3 is 20.1 Å². The third kappa shape index (κ3) is 9.14. The fourth-order valence-corrected chi connectivity index (χ4v) is 3.37. The Balaban J connectivity index is 0.00000480. The molecule has 0 aliphatic rings. The lowest BCUT2D eigenvalue weighted by atomic mass is 10.1. The highest BCUT2D eigenvalue weighted by Gasteiger charge is 2.12. The molecule has 2 aromatic rings. The molecule has 2 rings (SSSR count). The van der Waals surface area contributed by atoms with Crippen LogP contribution in [0.25, 0.3) is 0 Å². The van der Waals surface area contributed by atoms with E-state index in [1.165, 1.54) is 12.0 Å². The Morgan fingerprint density at radius 3 is 2.35 bits per heavy atom. The van der Waals surface area contributed by atoms with Crippen molar-refractivity contribution in [3.8, 4) is 0 Å². The fraction of sp³-hybridized carbons (Fsp3) is 0.609. The largest absolute Gasteiger partial charge is 0.354 e.